The molecule has 0 bridgehead atoms. The minimum absolute atomic E-state index is 0.0132. The predicted octanol–water partition coefficient (Wildman–Crippen LogP) is 5.07. The molecular weight excluding hydrogens is 402 g/mol. The van der Waals surface area contributed by atoms with Crippen LogP contribution in [0.5, 0.6) is 5.75 Å². The minimum atomic E-state index is -0.628. The van der Waals surface area contributed by atoms with Crippen molar-refractivity contribution in [3.63, 3.8) is 0 Å². The Morgan fingerprint density at radius 3 is 2.57 bits per heavy atom. The number of nitrogens with zero attached hydrogens (tertiary/aromatic N) is 1. The van der Waals surface area contributed by atoms with E-state index in [4.69, 9.17) is 16.3 Å². The van der Waals surface area contributed by atoms with Crippen LogP contribution in [0, 0.1) is 11.3 Å². The smallest absolute Gasteiger partial charge is 0.319 e. The van der Waals surface area contributed by atoms with Crippen molar-refractivity contribution in [2.75, 3.05) is 23.4 Å². The van der Waals surface area contributed by atoms with Gasteiger partial charge in [0.2, 0.25) is 5.91 Å². The summed E-state index contributed by atoms with van der Waals surface area (Å²) in [4.78, 5) is 27.2. The Morgan fingerprint density at radius 2 is 1.90 bits per heavy atom. The van der Waals surface area contributed by atoms with Gasteiger partial charge in [-0.15, -0.1) is 0 Å². The van der Waals surface area contributed by atoms with Crippen molar-refractivity contribution >= 4 is 34.9 Å². The summed E-state index contributed by atoms with van der Waals surface area (Å²) < 4.78 is 5.92. The Kier molecular flexibility index (Phi) is 6.56. The van der Waals surface area contributed by atoms with E-state index in [0.717, 1.165) is 5.56 Å². The number of carbonyl (C=O) groups is 2. The first-order valence-electron chi connectivity index (χ1n) is 10.0. The molecule has 7 heteroatoms. The fraction of sp³-hybridized carbons (Fsp3) is 0.391. The normalized spacial score (nSPS) is 15.3. The lowest BCUT2D eigenvalue weighted by molar-refractivity contribution is -0.127. The van der Waals surface area contributed by atoms with Crippen LogP contribution in [0.25, 0.3) is 0 Å². The van der Waals surface area contributed by atoms with E-state index in [9.17, 15) is 9.59 Å². The Labute approximate surface area is 182 Å². The van der Waals surface area contributed by atoms with Gasteiger partial charge in [-0.25, -0.2) is 4.79 Å². The molecule has 1 aliphatic heterocycles. The third kappa shape index (κ3) is 5.25. The number of ether oxygens (including phenoxy) is 1. The van der Waals surface area contributed by atoms with Crippen molar-refractivity contribution in [2.24, 2.45) is 11.3 Å². The van der Waals surface area contributed by atoms with Gasteiger partial charge < -0.3 is 20.3 Å². The van der Waals surface area contributed by atoms with Crippen LogP contribution in [0.1, 0.15) is 33.3 Å². The summed E-state index contributed by atoms with van der Waals surface area (Å²) in [5.74, 6) is 0.941. The fourth-order valence-corrected chi connectivity index (χ4v) is 3.36. The molecule has 0 unspecified atom stereocenters. The molecule has 0 spiro atoms. The van der Waals surface area contributed by atoms with Gasteiger partial charge in [0, 0.05) is 23.8 Å². The SMILES string of the molecule is CC(C)CN1C(=O)C(C)(C)COc2ccc(NC(=O)NCc3ccc(Cl)cc3)cc21. The molecule has 30 heavy (non-hydrogen) atoms. The van der Waals surface area contributed by atoms with Crippen molar-refractivity contribution < 1.29 is 14.3 Å². The molecule has 3 rings (SSSR count). The van der Waals surface area contributed by atoms with Gasteiger partial charge in [0.25, 0.3) is 0 Å². The lowest BCUT2D eigenvalue weighted by Gasteiger charge is -2.29. The molecule has 2 aromatic carbocycles. The molecule has 1 heterocycles. The topological polar surface area (TPSA) is 70.7 Å². The van der Waals surface area contributed by atoms with E-state index in [2.05, 4.69) is 24.5 Å². The number of carbonyl (C=O) groups excluding carboxylic acids is 2. The Balaban J connectivity index is 1.75. The summed E-state index contributed by atoms with van der Waals surface area (Å²) in [7, 11) is 0. The molecule has 0 saturated carbocycles. The predicted molar refractivity (Wildman–Crippen MR) is 120 cm³/mol. The average Bonchev–Trinajstić information content (AvgIpc) is 2.78. The molecule has 2 aromatic rings. The summed E-state index contributed by atoms with van der Waals surface area (Å²) in [5, 5.41) is 6.31. The first-order valence-corrected chi connectivity index (χ1v) is 10.4. The quantitative estimate of drug-likeness (QED) is 0.697. The molecule has 3 amide bonds. The van der Waals surface area contributed by atoms with E-state index in [-0.39, 0.29) is 17.9 Å². The van der Waals surface area contributed by atoms with Crippen LogP contribution in [0.15, 0.2) is 42.5 Å². The number of rotatable bonds is 5. The number of hydrogen-bond donors (Lipinski definition) is 2. The zero-order valence-electron chi connectivity index (χ0n) is 17.8. The number of anilines is 2. The lowest BCUT2D eigenvalue weighted by Crippen LogP contribution is -2.43. The van der Waals surface area contributed by atoms with Crippen molar-refractivity contribution in [1.82, 2.24) is 5.32 Å². The minimum Gasteiger partial charge on any atom is -0.490 e. The fourth-order valence-electron chi connectivity index (χ4n) is 3.23. The zero-order chi connectivity index (χ0) is 21.9. The summed E-state index contributed by atoms with van der Waals surface area (Å²) in [6.07, 6.45) is 0. The summed E-state index contributed by atoms with van der Waals surface area (Å²) in [6, 6.07) is 12.3. The van der Waals surface area contributed by atoms with Gasteiger partial charge in [-0.3, -0.25) is 4.79 Å². The molecule has 160 valence electrons. The molecule has 0 aliphatic carbocycles. The van der Waals surface area contributed by atoms with Crippen LogP contribution < -0.4 is 20.3 Å². The third-order valence-corrected chi connectivity index (χ3v) is 5.09. The number of halogens is 1. The van der Waals surface area contributed by atoms with Crippen LogP contribution in [0.3, 0.4) is 0 Å². The van der Waals surface area contributed by atoms with Crippen LogP contribution in [0.2, 0.25) is 5.02 Å². The third-order valence-electron chi connectivity index (χ3n) is 4.83. The monoisotopic (exact) mass is 429 g/mol. The molecule has 0 radical (unpaired) electrons. The highest BCUT2D eigenvalue weighted by atomic mass is 35.5. The molecule has 2 N–H and O–H groups in total. The van der Waals surface area contributed by atoms with Gasteiger partial charge >= 0.3 is 6.03 Å². The maximum absolute atomic E-state index is 13.1. The number of nitrogens with one attached hydrogen (secondary N) is 2. The summed E-state index contributed by atoms with van der Waals surface area (Å²) >= 11 is 5.88. The maximum Gasteiger partial charge on any atom is 0.319 e. The molecule has 0 fully saturated rings. The lowest BCUT2D eigenvalue weighted by atomic mass is 9.92. The summed E-state index contributed by atoms with van der Waals surface area (Å²) in [5.41, 5.74) is 1.58. The Bertz CT molecular complexity index is 926. The Hall–Kier alpha value is -2.73. The van der Waals surface area contributed by atoms with Crippen molar-refractivity contribution in [2.45, 2.75) is 34.2 Å². The molecule has 6 nitrogen and oxygen atoms in total. The Morgan fingerprint density at radius 1 is 1.20 bits per heavy atom. The van der Waals surface area contributed by atoms with Crippen molar-refractivity contribution in [1.29, 1.82) is 0 Å². The maximum atomic E-state index is 13.1. The molecule has 0 aromatic heterocycles. The van der Waals surface area contributed by atoms with E-state index in [1.54, 1.807) is 35.2 Å². The molecule has 0 saturated heterocycles. The number of fused-ring (bicyclic) bond motifs is 1. The van der Waals surface area contributed by atoms with Crippen LogP contribution >= 0.6 is 11.6 Å². The van der Waals surface area contributed by atoms with E-state index in [1.165, 1.54) is 0 Å². The van der Waals surface area contributed by atoms with Gasteiger partial charge in [-0.2, -0.15) is 0 Å². The van der Waals surface area contributed by atoms with Gasteiger partial charge in [0.05, 0.1) is 11.1 Å². The van der Waals surface area contributed by atoms with Gasteiger partial charge in [-0.05, 0) is 55.7 Å². The number of hydrogen-bond acceptors (Lipinski definition) is 3. The highest BCUT2D eigenvalue weighted by molar-refractivity contribution is 6.30. The molecular formula is C23H28ClN3O3. The number of urea groups is 1. The number of benzene rings is 2. The zero-order valence-corrected chi connectivity index (χ0v) is 18.5. The van der Waals surface area contributed by atoms with E-state index in [1.807, 2.05) is 26.0 Å². The van der Waals surface area contributed by atoms with Crippen LogP contribution in [-0.2, 0) is 11.3 Å². The van der Waals surface area contributed by atoms with E-state index >= 15 is 0 Å². The van der Waals surface area contributed by atoms with Crippen molar-refractivity contribution in [3.05, 3.63) is 53.1 Å². The second-order valence-electron chi connectivity index (χ2n) is 8.60. The van der Waals surface area contributed by atoms with Crippen LogP contribution in [0.4, 0.5) is 16.2 Å². The highest BCUT2D eigenvalue weighted by Crippen LogP contribution is 2.38. The first kappa shape index (κ1) is 22.0. The van der Waals surface area contributed by atoms with Gasteiger partial charge in [0.15, 0.2) is 0 Å². The summed E-state index contributed by atoms with van der Waals surface area (Å²) in [6.45, 7) is 9.17. The number of amides is 3. The van der Waals surface area contributed by atoms with Gasteiger partial charge in [0.1, 0.15) is 12.4 Å². The van der Waals surface area contributed by atoms with Crippen LogP contribution in [-0.4, -0.2) is 25.1 Å². The second kappa shape index (κ2) is 8.96. The largest absolute Gasteiger partial charge is 0.490 e. The highest BCUT2D eigenvalue weighted by Gasteiger charge is 2.38. The molecule has 0 atom stereocenters. The standard InChI is InChI=1S/C23H28ClN3O3/c1-15(2)13-27-19-11-18(9-10-20(19)30-14-23(3,4)21(27)28)26-22(29)25-12-16-5-7-17(24)8-6-16/h5-11,15H,12-14H2,1-4H3,(H2,25,26,29). The first-order chi connectivity index (χ1) is 14.2. The molecule has 1 aliphatic rings. The second-order valence-corrected chi connectivity index (χ2v) is 9.04. The van der Waals surface area contributed by atoms with Crippen molar-refractivity contribution in [3.8, 4) is 5.75 Å². The van der Waals surface area contributed by atoms with E-state index < -0.39 is 5.41 Å². The average molecular weight is 430 g/mol. The van der Waals surface area contributed by atoms with Gasteiger partial charge in [-0.1, -0.05) is 37.6 Å². The van der Waals surface area contributed by atoms with E-state index in [0.29, 0.717) is 41.8 Å².